The lowest BCUT2D eigenvalue weighted by atomic mass is 9.81. The van der Waals surface area contributed by atoms with Gasteiger partial charge in [0.2, 0.25) is 0 Å². The van der Waals surface area contributed by atoms with E-state index in [1.165, 1.54) is 31.0 Å². The summed E-state index contributed by atoms with van der Waals surface area (Å²) in [6.45, 7) is 5.90. The molecule has 4 nitrogen and oxygen atoms in total. The molecule has 0 spiro atoms. The average molecular weight is 429 g/mol. The Labute approximate surface area is 183 Å². The van der Waals surface area contributed by atoms with Crippen molar-refractivity contribution in [2.45, 2.75) is 68.1 Å². The van der Waals surface area contributed by atoms with Gasteiger partial charge in [-0.1, -0.05) is 56.7 Å². The van der Waals surface area contributed by atoms with Gasteiger partial charge in [-0.25, -0.2) is 4.79 Å². The fourth-order valence-corrected chi connectivity index (χ4v) is 5.57. The second-order valence-electron chi connectivity index (χ2n) is 9.13. The minimum Gasteiger partial charge on any atom is -0.506 e. The molecule has 2 unspecified atom stereocenters. The molecule has 162 valence electrons. The van der Waals surface area contributed by atoms with E-state index in [1.807, 2.05) is 18.2 Å². The van der Waals surface area contributed by atoms with Crippen LogP contribution in [0.5, 0.6) is 5.75 Å². The summed E-state index contributed by atoms with van der Waals surface area (Å²) in [6, 6.07) is 9.66. The fourth-order valence-electron chi connectivity index (χ4n) is 4.49. The number of ether oxygens (including phenoxy) is 1. The van der Waals surface area contributed by atoms with Gasteiger partial charge in [0.05, 0.1) is 0 Å². The van der Waals surface area contributed by atoms with Gasteiger partial charge in [0, 0.05) is 30.6 Å². The van der Waals surface area contributed by atoms with Gasteiger partial charge in [0.15, 0.2) is 0 Å². The van der Waals surface area contributed by atoms with Crippen molar-refractivity contribution in [3.8, 4) is 5.75 Å². The van der Waals surface area contributed by atoms with Gasteiger partial charge in [0.1, 0.15) is 16.4 Å². The first-order valence-corrected chi connectivity index (χ1v) is 12.0. The Bertz CT molecular complexity index is 910. The first-order chi connectivity index (χ1) is 14.5. The van der Waals surface area contributed by atoms with E-state index in [1.54, 1.807) is 6.07 Å². The third-order valence-corrected chi connectivity index (χ3v) is 7.52. The van der Waals surface area contributed by atoms with Crippen molar-refractivity contribution in [3.63, 3.8) is 0 Å². The summed E-state index contributed by atoms with van der Waals surface area (Å²) < 4.78 is 11.4. The van der Waals surface area contributed by atoms with Crippen LogP contribution in [0.15, 0.2) is 49.3 Å². The van der Waals surface area contributed by atoms with E-state index in [4.69, 9.17) is 9.15 Å². The Morgan fingerprint density at radius 2 is 2.00 bits per heavy atom. The predicted molar refractivity (Wildman–Crippen MR) is 119 cm³/mol. The van der Waals surface area contributed by atoms with Crippen molar-refractivity contribution in [2.24, 2.45) is 17.8 Å². The molecule has 1 aliphatic heterocycles. The maximum absolute atomic E-state index is 12.8. The highest BCUT2D eigenvalue weighted by Gasteiger charge is 2.32. The van der Waals surface area contributed by atoms with Crippen molar-refractivity contribution in [1.82, 2.24) is 0 Å². The van der Waals surface area contributed by atoms with Crippen molar-refractivity contribution < 1.29 is 14.3 Å². The lowest BCUT2D eigenvalue weighted by molar-refractivity contribution is 0.0263. The van der Waals surface area contributed by atoms with Crippen LogP contribution in [-0.4, -0.2) is 18.3 Å². The summed E-state index contributed by atoms with van der Waals surface area (Å²) in [5, 5.41) is 10.7. The monoisotopic (exact) mass is 428 g/mol. The number of hydrogen-bond acceptors (Lipinski definition) is 5. The smallest absolute Gasteiger partial charge is 0.353 e. The third kappa shape index (κ3) is 5.30. The van der Waals surface area contributed by atoms with E-state index in [0.717, 1.165) is 42.4 Å². The standard InChI is InChI=1S/C25H32O4S/c1-16(2)21-7-3-4-8-23(21)30-24-22(26)14-20(29-25(24)27)13-19(12-17-9-10-17)18-6-5-11-28-15-18/h3-4,7-8,14,16-19,26H,5-6,9-13,15H2,1-2H3. The highest BCUT2D eigenvalue weighted by Crippen LogP contribution is 2.41. The van der Waals surface area contributed by atoms with Crippen LogP contribution in [-0.2, 0) is 11.2 Å². The minimum absolute atomic E-state index is 0.0230. The van der Waals surface area contributed by atoms with Gasteiger partial charge in [0.25, 0.3) is 0 Å². The molecule has 1 aromatic carbocycles. The SMILES string of the molecule is CC(C)c1ccccc1Sc1c(O)cc(CC(CC2CC2)C2CCCOC2)oc1=O. The molecular weight excluding hydrogens is 396 g/mol. The second kappa shape index (κ2) is 9.61. The second-order valence-corrected chi connectivity index (χ2v) is 10.2. The molecule has 2 aliphatic rings. The number of hydrogen-bond donors (Lipinski definition) is 1. The molecule has 1 saturated carbocycles. The Hall–Kier alpha value is -1.72. The van der Waals surface area contributed by atoms with E-state index >= 15 is 0 Å². The summed E-state index contributed by atoms with van der Waals surface area (Å²) in [5.41, 5.74) is 0.714. The third-order valence-electron chi connectivity index (χ3n) is 6.35. The minimum atomic E-state index is -0.446. The van der Waals surface area contributed by atoms with Crippen LogP contribution in [0.25, 0.3) is 0 Å². The van der Waals surface area contributed by atoms with Gasteiger partial charge in [-0.2, -0.15) is 0 Å². The summed E-state index contributed by atoms with van der Waals surface area (Å²) in [4.78, 5) is 14.0. The molecule has 0 amide bonds. The molecule has 1 aromatic heterocycles. The maximum atomic E-state index is 12.8. The molecule has 1 aliphatic carbocycles. The summed E-state index contributed by atoms with van der Waals surface area (Å²) in [7, 11) is 0. The van der Waals surface area contributed by atoms with Crippen LogP contribution in [0.4, 0.5) is 0 Å². The number of benzene rings is 1. The Kier molecular flexibility index (Phi) is 6.89. The van der Waals surface area contributed by atoms with E-state index in [0.29, 0.717) is 29.9 Å². The first kappa shape index (κ1) is 21.5. The largest absolute Gasteiger partial charge is 0.506 e. The van der Waals surface area contributed by atoms with Crippen LogP contribution in [0.2, 0.25) is 0 Å². The average Bonchev–Trinajstić information content (AvgIpc) is 3.55. The van der Waals surface area contributed by atoms with E-state index in [-0.39, 0.29) is 10.6 Å². The first-order valence-electron chi connectivity index (χ1n) is 11.2. The maximum Gasteiger partial charge on any atom is 0.353 e. The molecule has 0 bridgehead atoms. The van der Waals surface area contributed by atoms with Crippen LogP contribution in [0, 0.1) is 17.8 Å². The van der Waals surface area contributed by atoms with Gasteiger partial charge in [-0.3, -0.25) is 0 Å². The zero-order chi connectivity index (χ0) is 21.1. The van der Waals surface area contributed by atoms with E-state index < -0.39 is 5.63 Å². The zero-order valence-electron chi connectivity index (χ0n) is 17.9. The normalized spacial score (nSPS) is 20.4. The topological polar surface area (TPSA) is 59.7 Å². The van der Waals surface area contributed by atoms with Crippen LogP contribution >= 0.6 is 11.8 Å². The van der Waals surface area contributed by atoms with Gasteiger partial charge < -0.3 is 14.3 Å². The molecule has 1 N–H and O–H groups in total. The lowest BCUT2D eigenvalue weighted by Crippen LogP contribution is -2.27. The van der Waals surface area contributed by atoms with Crippen molar-refractivity contribution in [2.75, 3.05) is 13.2 Å². The lowest BCUT2D eigenvalue weighted by Gasteiger charge is -2.30. The van der Waals surface area contributed by atoms with Crippen LogP contribution in [0.1, 0.15) is 63.2 Å². The molecular formula is C25H32O4S. The highest BCUT2D eigenvalue weighted by atomic mass is 32.2. The number of rotatable bonds is 8. The summed E-state index contributed by atoms with van der Waals surface area (Å²) in [5.74, 6) is 2.71. The molecule has 30 heavy (non-hydrogen) atoms. The zero-order valence-corrected chi connectivity index (χ0v) is 18.7. The molecule has 0 radical (unpaired) electrons. The Balaban J connectivity index is 1.53. The molecule has 2 heterocycles. The van der Waals surface area contributed by atoms with Crippen molar-refractivity contribution in [3.05, 3.63) is 52.1 Å². The van der Waals surface area contributed by atoms with Crippen molar-refractivity contribution >= 4 is 11.8 Å². The summed E-state index contributed by atoms with van der Waals surface area (Å²) in [6.07, 6.45) is 6.76. The fraction of sp³-hybridized carbons (Fsp3) is 0.560. The van der Waals surface area contributed by atoms with Gasteiger partial charge in [-0.05, 0) is 54.6 Å². The highest BCUT2D eigenvalue weighted by molar-refractivity contribution is 7.99. The van der Waals surface area contributed by atoms with Gasteiger partial charge >= 0.3 is 5.63 Å². The van der Waals surface area contributed by atoms with Gasteiger partial charge in [-0.15, -0.1) is 0 Å². The van der Waals surface area contributed by atoms with Crippen molar-refractivity contribution in [1.29, 1.82) is 0 Å². The number of aromatic hydroxyl groups is 1. The molecule has 2 fully saturated rings. The van der Waals surface area contributed by atoms with E-state index in [9.17, 15) is 9.90 Å². The van der Waals surface area contributed by atoms with Crippen LogP contribution < -0.4 is 5.63 Å². The Morgan fingerprint density at radius 3 is 2.67 bits per heavy atom. The molecule has 5 heteroatoms. The van der Waals surface area contributed by atoms with Crippen LogP contribution in [0.3, 0.4) is 0 Å². The van der Waals surface area contributed by atoms with E-state index in [2.05, 4.69) is 19.9 Å². The predicted octanol–water partition coefficient (Wildman–Crippen LogP) is 6.01. The molecule has 1 saturated heterocycles. The quantitative estimate of drug-likeness (QED) is 0.558. The Morgan fingerprint density at radius 1 is 1.20 bits per heavy atom. The summed E-state index contributed by atoms with van der Waals surface area (Å²) >= 11 is 1.30. The molecule has 4 rings (SSSR count). The molecule has 2 aromatic rings. The molecule has 2 atom stereocenters.